The zero-order valence-corrected chi connectivity index (χ0v) is 12.3. The molecule has 0 bridgehead atoms. The molecule has 1 aliphatic carbocycles. The maximum absolute atomic E-state index is 3.43. The normalized spacial score (nSPS) is 18.6. The second-order valence-electron chi connectivity index (χ2n) is 6.77. The molecular weight excluding hydrogens is 230 g/mol. The summed E-state index contributed by atoms with van der Waals surface area (Å²) in [6, 6.07) is 6.63. The second kappa shape index (κ2) is 4.60. The van der Waals surface area contributed by atoms with Crippen LogP contribution in [0.1, 0.15) is 51.2 Å². The Bertz CT molecular complexity index is 535. The molecule has 1 fully saturated rings. The molecule has 100 valence electrons. The molecule has 2 aliphatic rings. The molecule has 0 saturated heterocycles. The fourth-order valence-corrected chi connectivity index (χ4v) is 2.85. The Kier molecular flexibility index (Phi) is 3.05. The molecule has 1 aromatic rings. The van der Waals surface area contributed by atoms with E-state index in [1.165, 1.54) is 42.5 Å². The molecule has 0 aromatic heterocycles. The van der Waals surface area contributed by atoms with Gasteiger partial charge in [0.25, 0.3) is 0 Å². The van der Waals surface area contributed by atoms with Gasteiger partial charge in [-0.25, -0.2) is 0 Å². The molecule has 1 aliphatic heterocycles. The lowest BCUT2D eigenvalue weighted by Gasteiger charge is -2.42. The van der Waals surface area contributed by atoms with Crippen molar-refractivity contribution in [3.8, 4) is 11.8 Å². The van der Waals surface area contributed by atoms with E-state index in [0.29, 0.717) is 5.92 Å². The SMILES string of the molecule is CC(C)(C)N1CCCc2c(C#CC3CC3)cccc21. The van der Waals surface area contributed by atoms with Gasteiger partial charge >= 0.3 is 0 Å². The van der Waals surface area contributed by atoms with Crippen LogP contribution >= 0.6 is 0 Å². The van der Waals surface area contributed by atoms with Crippen LogP contribution in [-0.2, 0) is 6.42 Å². The highest BCUT2D eigenvalue weighted by Gasteiger charge is 2.27. The highest BCUT2D eigenvalue weighted by Crippen LogP contribution is 2.34. The molecule has 0 spiro atoms. The van der Waals surface area contributed by atoms with Gasteiger partial charge in [0.05, 0.1) is 0 Å². The fourth-order valence-electron chi connectivity index (χ4n) is 2.85. The average Bonchev–Trinajstić information content (AvgIpc) is 3.18. The number of benzene rings is 1. The molecular formula is C18H23N. The number of nitrogens with zero attached hydrogens (tertiary/aromatic N) is 1. The van der Waals surface area contributed by atoms with E-state index in [-0.39, 0.29) is 5.54 Å². The van der Waals surface area contributed by atoms with Crippen LogP contribution in [0.15, 0.2) is 18.2 Å². The smallest absolute Gasteiger partial charge is 0.0415 e. The highest BCUT2D eigenvalue weighted by molar-refractivity contribution is 5.63. The molecule has 0 unspecified atom stereocenters. The topological polar surface area (TPSA) is 3.24 Å². The van der Waals surface area contributed by atoms with Crippen molar-refractivity contribution in [1.29, 1.82) is 0 Å². The Morgan fingerprint density at radius 2 is 2.00 bits per heavy atom. The Hall–Kier alpha value is -1.42. The largest absolute Gasteiger partial charge is 0.366 e. The maximum atomic E-state index is 3.43. The first kappa shape index (κ1) is 12.6. The van der Waals surface area contributed by atoms with Crippen molar-refractivity contribution in [2.75, 3.05) is 11.4 Å². The van der Waals surface area contributed by atoms with Crippen molar-refractivity contribution < 1.29 is 0 Å². The van der Waals surface area contributed by atoms with Crippen molar-refractivity contribution >= 4 is 5.69 Å². The van der Waals surface area contributed by atoms with Gasteiger partial charge in [0.15, 0.2) is 0 Å². The summed E-state index contributed by atoms with van der Waals surface area (Å²) in [6.45, 7) is 8.05. The Labute approximate surface area is 117 Å². The van der Waals surface area contributed by atoms with E-state index in [9.17, 15) is 0 Å². The fraction of sp³-hybridized carbons (Fsp3) is 0.556. The molecule has 1 nitrogen and oxygen atoms in total. The zero-order valence-electron chi connectivity index (χ0n) is 12.3. The third-order valence-corrected chi connectivity index (χ3v) is 4.05. The molecule has 0 radical (unpaired) electrons. The summed E-state index contributed by atoms with van der Waals surface area (Å²) in [7, 11) is 0. The van der Waals surface area contributed by atoms with E-state index in [4.69, 9.17) is 0 Å². The monoisotopic (exact) mass is 253 g/mol. The van der Waals surface area contributed by atoms with Gasteiger partial charge in [0, 0.05) is 29.3 Å². The van der Waals surface area contributed by atoms with Gasteiger partial charge < -0.3 is 4.90 Å². The molecule has 1 saturated carbocycles. The predicted octanol–water partition coefficient (Wildman–Crippen LogP) is 4.00. The third-order valence-electron chi connectivity index (χ3n) is 4.05. The zero-order chi connectivity index (χ0) is 13.5. The van der Waals surface area contributed by atoms with Gasteiger partial charge in [-0.05, 0) is 64.2 Å². The quantitative estimate of drug-likeness (QED) is 0.632. The molecule has 1 aromatic carbocycles. The predicted molar refractivity (Wildman–Crippen MR) is 81.5 cm³/mol. The third kappa shape index (κ3) is 2.63. The van der Waals surface area contributed by atoms with Gasteiger partial charge in [-0.15, -0.1) is 0 Å². The van der Waals surface area contributed by atoms with E-state index < -0.39 is 0 Å². The molecule has 1 heterocycles. The Morgan fingerprint density at radius 1 is 1.21 bits per heavy atom. The Balaban J connectivity index is 1.99. The first-order valence-electron chi connectivity index (χ1n) is 7.47. The van der Waals surface area contributed by atoms with E-state index in [1.807, 2.05) is 0 Å². The van der Waals surface area contributed by atoms with Crippen LogP contribution in [0.2, 0.25) is 0 Å². The average molecular weight is 253 g/mol. The summed E-state index contributed by atoms with van der Waals surface area (Å²) in [5.41, 5.74) is 4.33. The lowest BCUT2D eigenvalue weighted by atomic mass is 9.92. The van der Waals surface area contributed by atoms with Crippen molar-refractivity contribution in [3.05, 3.63) is 29.3 Å². The van der Waals surface area contributed by atoms with Gasteiger partial charge in [-0.3, -0.25) is 0 Å². The molecule has 1 heteroatoms. The number of anilines is 1. The van der Waals surface area contributed by atoms with Crippen LogP contribution in [-0.4, -0.2) is 12.1 Å². The van der Waals surface area contributed by atoms with E-state index in [1.54, 1.807) is 0 Å². The molecule has 3 rings (SSSR count). The van der Waals surface area contributed by atoms with Gasteiger partial charge in [-0.1, -0.05) is 17.9 Å². The number of hydrogen-bond acceptors (Lipinski definition) is 1. The standard InChI is InChI=1S/C18H23N/c1-18(2,3)19-13-5-7-16-15(6-4-8-17(16)19)12-11-14-9-10-14/h4,6,8,14H,5,7,9-10,13H2,1-3H3. The van der Waals surface area contributed by atoms with E-state index >= 15 is 0 Å². The minimum Gasteiger partial charge on any atom is -0.366 e. The summed E-state index contributed by atoms with van der Waals surface area (Å²) >= 11 is 0. The van der Waals surface area contributed by atoms with E-state index in [2.05, 4.69) is 55.7 Å². The first-order chi connectivity index (χ1) is 9.05. The number of hydrogen-bond donors (Lipinski definition) is 0. The van der Waals surface area contributed by atoms with Crippen molar-refractivity contribution in [3.63, 3.8) is 0 Å². The van der Waals surface area contributed by atoms with E-state index in [0.717, 1.165) is 6.54 Å². The van der Waals surface area contributed by atoms with Crippen LogP contribution in [0.5, 0.6) is 0 Å². The van der Waals surface area contributed by atoms with Crippen molar-refractivity contribution in [2.24, 2.45) is 5.92 Å². The molecule has 0 atom stereocenters. The minimum atomic E-state index is 0.192. The highest BCUT2D eigenvalue weighted by atomic mass is 15.2. The summed E-state index contributed by atoms with van der Waals surface area (Å²) < 4.78 is 0. The van der Waals surface area contributed by atoms with Gasteiger partial charge in [0.1, 0.15) is 0 Å². The summed E-state index contributed by atoms with van der Waals surface area (Å²) in [6.07, 6.45) is 5.02. The lowest BCUT2D eigenvalue weighted by Crippen LogP contribution is -2.44. The van der Waals surface area contributed by atoms with Crippen LogP contribution < -0.4 is 4.90 Å². The minimum absolute atomic E-state index is 0.192. The summed E-state index contributed by atoms with van der Waals surface area (Å²) in [5, 5.41) is 0. The second-order valence-corrected chi connectivity index (χ2v) is 6.77. The number of fused-ring (bicyclic) bond motifs is 1. The Morgan fingerprint density at radius 3 is 2.68 bits per heavy atom. The molecule has 0 N–H and O–H groups in total. The molecule has 0 amide bonds. The van der Waals surface area contributed by atoms with Crippen LogP contribution in [0, 0.1) is 17.8 Å². The number of rotatable bonds is 0. The summed E-state index contributed by atoms with van der Waals surface area (Å²) in [4.78, 5) is 2.54. The van der Waals surface area contributed by atoms with Gasteiger partial charge in [-0.2, -0.15) is 0 Å². The van der Waals surface area contributed by atoms with Crippen LogP contribution in [0.4, 0.5) is 5.69 Å². The maximum Gasteiger partial charge on any atom is 0.0415 e. The molecule has 19 heavy (non-hydrogen) atoms. The summed E-state index contributed by atoms with van der Waals surface area (Å²) in [5.74, 6) is 7.52. The lowest BCUT2D eigenvalue weighted by molar-refractivity contribution is 0.483. The first-order valence-corrected chi connectivity index (χ1v) is 7.47. The van der Waals surface area contributed by atoms with Gasteiger partial charge in [0.2, 0.25) is 0 Å². The van der Waals surface area contributed by atoms with Crippen molar-refractivity contribution in [1.82, 2.24) is 0 Å². The van der Waals surface area contributed by atoms with Crippen LogP contribution in [0.3, 0.4) is 0 Å². The van der Waals surface area contributed by atoms with Crippen LogP contribution in [0.25, 0.3) is 0 Å². The van der Waals surface area contributed by atoms with Crippen molar-refractivity contribution in [2.45, 2.75) is 52.0 Å².